The second-order valence-corrected chi connectivity index (χ2v) is 7.71. The zero-order valence-corrected chi connectivity index (χ0v) is 17.9. The van der Waals surface area contributed by atoms with E-state index in [2.05, 4.69) is 5.10 Å². The predicted molar refractivity (Wildman–Crippen MR) is 121 cm³/mol. The number of anilines is 1. The summed E-state index contributed by atoms with van der Waals surface area (Å²) >= 11 is 12.2. The number of carbonyl (C=O) groups excluding carboxylic acids is 1. The van der Waals surface area contributed by atoms with Crippen LogP contribution in [0.4, 0.5) is 11.4 Å². The van der Waals surface area contributed by atoms with Crippen LogP contribution in [0.3, 0.4) is 0 Å². The van der Waals surface area contributed by atoms with Crippen LogP contribution in [0.2, 0.25) is 10.0 Å². The van der Waals surface area contributed by atoms with Gasteiger partial charge in [-0.05, 0) is 55.8 Å². The molecule has 0 saturated carbocycles. The quantitative estimate of drug-likeness (QED) is 0.263. The van der Waals surface area contributed by atoms with Gasteiger partial charge in [0.05, 0.1) is 16.2 Å². The Labute approximate surface area is 187 Å². The zero-order chi connectivity index (χ0) is 22.3. The molecule has 0 unspecified atom stereocenters. The molecule has 2 aromatic carbocycles. The minimum absolute atomic E-state index is 0.0000591. The summed E-state index contributed by atoms with van der Waals surface area (Å²) in [6.45, 7) is 3.54. The second kappa shape index (κ2) is 8.02. The van der Waals surface area contributed by atoms with Gasteiger partial charge in [0.25, 0.3) is 11.6 Å². The number of carbonyl (C=O) groups is 1. The highest BCUT2D eigenvalue weighted by Crippen LogP contribution is 2.35. The Balaban J connectivity index is 1.69. The lowest BCUT2D eigenvalue weighted by atomic mass is 10.1. The maximum atomic E-state index is 13.0. The van der Waals surface area contributed by atoms with E-state index < -0.39 is 10.8 Å². The fourth-order valence-electron chi connectivity index (χ4n) is 3.26. The van der Waals surface area contributed by atoms with Gasteiger partial charge in [0.1, 0.15) is 17.2 Å². The van der Waals surface area contributed by atoms with Crippen LogP contribution < -0.4 is 5.01 Å². The van der Waals surface area contributed by atoms with Crippen molar-refractivity contribution in [3.8, 4) is 11.3 Å². The molecule has 2 heterocycles. The highest BCUT2D eigenvalue weighted by Gasteiger charge is 2.33. The van der Waals surface area contributed by atoms with Crippen LogP contribution in [0.5, 0.6) is 0 Å². The molecule has 0 radical (unpaired) electrons. The van der Waals surface area contributed by atoms with Gasteiger partial charge < -0.3 is 4.42 Å². The van der Waals surface area contributed by atoms with Crippen molar-refractivity contribution < 1.29 is 14.1 Å². The normalized spacial score (nSPS) is 15.0. The molecule has 1 amide bonds. The van der Waals surface area contributed by atoms with Crippen LogP contribution in [0, 0.1) is 17.0 Å². The van der Waals surface area contributed by atoms with Crippen LogP contribution in [0.15, 0.2) is 63.6 Å². The van der Waals surface area contributed by atoms with Crippen molar-refractivity contribution in [3.63, 3.8) is 0 Å². The van der Waals surface area contributed by atoms with E-state index in [-0.39, 0.29) is 22.0 Å². The maximum absolute atomic E-state index is 13.0. The second-order valence-electron chi connectivity index (χ2n) is 6.86. The summed E-state index contributed by atoms with van der Waals surface area (Å²) in [6.07, 6.45) is 1.56. The molecule has 0 N–H and O–H groups in total. The van der Waals surface area contributed by atoms with E-state index in [4.69, 9.17) is 27.6 Å². The Morgan fingerprint density at radius 3 is 2.65 bits per heavy atom. The van der Waals surface area contributed by atoms with Crippen molar-refractivity contribution in [2.75, 3.05) is 5.01 Å². The summed E-state index contributed by atoms with van der Waals surface area (Å²) in [4.78, 5) is 23.8. The van der Waals surface area contributed by atoms with Crippen molar-refractivity contribution in [2.24, 2.45) is 5.10 Å². The molecule has 3 aromatic rings. The summed E-state index contributed by atoms with van der Waals surface area (Å²) in [5.74, 6) is 0.531. The van der Waals surface area contributed by atoms with Crippen molar-refractivity contribution in [1.29, 1.82) is 0 Å². The Morgan fingerprint density at radius 2 is 1.90 bits per heavy atom. The van der Waals surface area contributed by atoms with Gasteiger partial charge >= 0.3 is 0 Å². The standard InChI is InChI=1S/C22H15Cl2N3O4/c1-12-16(4-3-5-18(12)24)21-9-7-15(31-21)11-17-13(2)25-26(22(17)28)20-10-14(23)6-8-19(20)27(29)30/h3-11H,1-2H3. The van der Waals surface area contributed by atoms with E-state index in [0.717, 1.165) is 16.1 Å². The lowest BCUT2D eigenvalue weighted by molar-refractivity contribution is -0.384. The van der Waals surface area contributed by atoms with E-state index in [9.17, 15) is 14.9 Å². The lowest BCUT2D eigenvalue weighted by Crippen LogP contribution is -2.22. The van der Waals surface area contributed by atoms with Crippen LogP contribution in [0.1, 0.15) is 18.2 Å². The number of rotatable bonds is 4. The maximum Gasteiger partial charge on any atom is 0.295 e. The highest BCUT2D eigenvalue weighted by molar-refractivity contribution is 6.33. The highest BCUT2D eigenvalue weighted by atomic mass is 35.5. The van der Waals surface area contributed by atoms with E-state index in [1.807, 2.05) is 19.1 Å². The number of benzene rings is 2. The Kier molecular flexibility index (Phi) is 5.39. The number of halogens is 2. The molecule has 9 heteroatoms. The third-order valence-electron chi connectivity index (χ3n) is 4.87. The SMILES string of the molecule is CC1=NN(c2cc(Cl)ccc2[N+](=O)[O-])C(=O)C1=Cc1ccc(-c2cccc(Cl)c2C)o1. The first-order valence-corrected chi connectivity index (χ1v) is 9.93. The molecule has 31 heavy (non-hydrogen) atoms. The summed E-state index contributed by atoms with van der Waals surface area (Å²) < 4.78 is 5.90. The summed E-state index contributed by atoms with van der Waals surface area (Å²) in [5, 5.41) is 17.4. The molecule has 0 aliphatic carbocycles. The van der Waals surface area contributed by atoms with Crippen LogP contribution in [0.25, 0.3) is 17.4 Å². The minimum atomic E-state index is -0.586. The molecule has 0 spiro atoms. The first-order chi connectivity index (χ1) is 14.8. The van der Waals surface area contributed by atoms with Gasteiger partial charge in [-0.15, -0.1) is 0 Å². The van der Waals surface area contributed by atoms with Gasteiger partial charge in [-0.3, -0.25) is 14.9 Å². The van der Waals surface area contributed by atoms with E-state index in [1.54, 1.807) is 31.2 Å². The van der Waals surface area contributed by atoms with Gasteiger partial charge in [0, 0.05) is 21.7 Å². The fourth-order valence-corrected chi connectivity index (χ4v) is 3.60. The van der Waals surface area contributed by atoms with Gasteiger partial charge in [0.2, 0.25) is 0 Å². The third kappa shape index (κ3) is 3.85. The third-order valence-corrected chi connectivity index (χ3v) is 5.52. The molecule has 7 nitrogen and oxygen atoms in total. The molecule has 0 fully saturated rings. The summed E-state index contributed by atoms with van der Waals surface area (Å²) in [5.41, 5.74) is 2.12. The number of hydrogen-bond acceptors (Lipinski definition) is 5. The number of amides is 1. The van der Waals surface area contributed by atoms with E-state index in [0.29, 0.717) is 22.3 Å². The molecular weight excluding hydrogens is 441 g/mol. The van der Waals surface area contributed by atoms with Crippen molar-refractivity contribution in [1.82, 2.24) is 0 Å². The smallest absolute Gasteiger partial charge is 0.295 e. The number of nitrogens with zero attached hydrogens (tertiary/aromatic N) is 3. The van der Waals surface area contributed by atoms with Gasteiger partial charge in [-0.25, -0.2) is 0 Å². The number of nitro groups is 1. The first kappa shape index (κ1) is 20.8. The molecule has 1 aliphatic heterocycles. The van der Waals surface area contributed by atoms with Crippen molar-refractivity contribution >= 4 is 52.3 Å². The van der Waals surface area contributed by atoms with Gasteiger partial charge in [0.15, 0.2) is 0 Å². The largest absolute Gasteiger partial charge is 0.457 e. The number of furan rings is 1. The molecule has 0 atom stereocenters. The monoisotopic (exact) mass is 455 g/mol. The van der Waals surface area contributed by atoms with E-state index in [1.165, 1.54) is 18.2 Å². The molecule has 4 rings (SSSR count). The molecule has 156 valence electrons. The van der Waals surface area contributed by atoms with Gasteiger partial charge in [-0.2, -0.15) is 10.1 Å². The molecular formula is C22H15Cl2N3O4. The van der Waals surface area contributed by atoms with Crippen LogP contribution >= 0.6 is 23.2 Å². The lowest BCUT2D eigenvalue weighted by Gasteiger charge is -2.12. The number of hydrazone groups is 1. The fraction of sp³-hybridized carbons (Fsp3) is 0.0909. The number of nitro benzene ring substituents is 1. The van der Waals surface area contributed by atoms with Crippen molar-refractivity contribution in [2.45, 2.75) is 13.8 Å². The average molecular weight is 456 g/mol. The summed E-state index contributed by atoms with van der Waals surface area (Å²) in [6, 6.07) is 13.0. The van der Waals surface area contributed by atoms with E-state index >= 15 is 0 Å². The van der Waals surface area contributed by atoms with Gasteiger partial charge in [-0.1, -0.05) is 35.3 Å². The Bertz CT molecular complexity index is 1290. The topological polar surface area (TPSA) is 89.0 Å². The molecule has 1 aromatic heterocycles. The minimum Gasteiger partial charge on any atom is -0.457 e. The molecule has 0 bridgehead atoms. The molecule has 0 saturated heterocycles. The van der Waals surface area contributed by atoms with Crippen LogP contribution in [-0.2, 0) is 4.79 Å². The van der Waals surface area contributed by atoms with Crippen LogP contribution in [-0.4, -0.2) is 16.5 Å². The number of hydrogen-bond donors (Lipinski definition) is 0. The zero-order valence-electron chi connectivity index (χ0n) is 16.4. The Hall–Kier alpha value is -3.42. The predicted octanol–water partition coefficient (Wildman–Crippen LogP) is 6.28. The molecule has 1 aliphatic rings. The average Bonchev–Trinajstić information content (AvgIpc) is 3.30. The summed E-state index contributed by atoms with van der Waals surface area (Å²) in [7, 11) is 0. The Morgan fingerprint density at radius 1 is 1.13 bits per heavy atom. The van der Waals surface area contributed by atoms with Crippen molar-refractivity contribution in [3.05, 3.63) is 85.6 Å². The first-order valence-electron chi connectivity index (χ1n) is 9.17.